The molecule has 2 atom stereocenters. The average Bonchev–Trinajstić information content (AvgIpc) is 2.94. The van der Waals surface area contributed by atoms with Gasteiger partial charge in [-0.05, 0) is 18.1 Å². The zero-order valence-electron chi connectivity index (χ0n) is 7.69. The summed E-state index contributed by atoms with van der Waals surface area (Å²) in [4.78, 5) is 11.9. The maximum Gasteiger partial charge on any atom is 0.159 e. The smallest absolute Gasteiger partial charge is 0.159 e. The molecule has 1 saturated carbocycles. The zero-order valence-corrected chi connectivity index (χ0v) is 9.28. The van der Waals surface area contributed by atoms with Gasteiger partial charge in [-0.3, -0.25) is 4.79 Å². The molecule has 14 heavy (non-hydrogen) atoms. The highest BCUT2D eigenvalue weighted by Crippen LogP contribution is 2.38. The van der Waals surface area contributed by atoms with E-state index in [-0.39, 0.29) is 11.7 Å². The van der Waals surface area contributed by atoms with Crippen LogP contribution in [-0.2, 0) is 4.79 Å². The topological polar surface area (TPSA) is 17.1 Å². The van der Waals surface area contributed by atoms with Crippen molar-refractivity contribution in [2.75, 3.05) is 0 Å². The highest BCUT2D eigenvalue weighted by molar-refractivity contribution is 9.09. The summed E-state index contributed by atoms with van der Waals surface area (Å²) in [5.74, 6) is 0.450. The lowest BCUT2D eigenvalue weighted by atomic mass is 10.1. The number of hydrogen-bond acceptors (Lipinski definition) is 1. The van der Waals surface area contributed by atoms with E-state index in [4.69, 9.17) is 0 Å². The Morgan fingerprint density at radius 3 is 2.57 bits per heavy atom. The van der Waals surface area contributed by atoms with Crippen LogP contribution in [0.5, 0.6) is 0 Å². The van der Waals surface area contributed by atoms with Crippen molar-refractivity contribution >= 4 is 27.8 Å². The van der Waals surface area contributed by atoms with E-state index in [0.717, 1.165) is 12.0 Å². The van der Waals surface area contributed by atoms with Crippen molar-refractivity contribution in [3.63, 3.8) is 0 Å². The number of carbonyl (C=O) groups is 1. The van der Waals surface area contributed by atoms with Crippen molar-refractivity contribution in [1.29, 1.82) is 0 Å². The fourth-order valence-corrected chi connectivity index (χ4v) is 1.99. The van der Waals surface area contributed by atoms with Crippen LogP contribution in [0.1, 0.15) is 12.0 Å². The quantitative estimate of drug-likeness (QED) is 0.596. The Morgan fingerprint density at radius 2 is 2.00 bits per heavy atom. The van der Waals surface area contributed by atoms with Gasteiger partial charge in [0.1, 0.15) is 0 Å². The van der Waals surface area contributed by atoms with Gasteiger partial charge in [-0.25, -0.2) is 0 Å². The molecule has 1 aromatic rings. The molecule has 1 nitrogen and oxygen atoms in total. The highest BCUT2D eigenvalue weighted by atomic mass is 79.9. The molecule has 0 N–H and O–H groups in total. The van der Waals surface area contributed by atoms with E-state index in [1.54, 1.807) is 6.08 Å². The van der Waals surface area contributed by atoms with Gasteiger partial charge < -0.3 is 0 Å². The lowest BCUT2D eigenvalue weighted by Gasteiger charge is -1.91. The Labute approximate surface area is 92.0 Å². The molecule has 0 spiro atoms. The molecule has 1 aromatic carbocycles. The van der Waals surface area contributed by atoms with Gasteiger partial charge in [-0.2, -0.15) is 0 Å². The second-order valence-electron chi connectivity index (χ2n) is 3.50. The number of rotatable bonds is 3. The van der Waals surface area contributed by atoms with E-state index < -0.39 is 0 Å². The van der Waals surface area contributed by atoms with E-state index >= 15 is 0 Å². The number of benzene rings is 1. The highest BCUT2D eigenvalue weighted by Gasteiger charge is 2.39. The first-order chi connectivity index (χ1) is 6.77. The van der Waals surface area contributed by atoms with Crippen LogP contribution in [0.4, 0.5) is 0 Å². The Morgan fingerprint density at radius 1 is 1.36 bits per heavy atom. The van der Waals surface area contributed by atoms with Gasteiger partial charge in [0.25, 0.3) is 0 Å². The minimum absolute atomic E-state index is 0.218. The first-order valence-electron chi connectivity index (χ1n) is 4.68. The summed E-state index contributed by atoms with van der Waals surface area (Å²) in [5.41, 5.74) is 1.08. The van der Waals surface area contributed by atoms with Gasteiger partial charge in [0, 0.05) is 10.7 Å². The summed E-state index contributed by atoms with van der Waals surface area (Å²) in [6, 6.07) is 9.88. The van der Waals surface area contributed by atoms with Crippen LogP contribution in [0, 0.1) is 5.92 Å². The van der Waals surface area contributed by atoms with Crippen molar-refractivity contribution in [2.24, 2.45) is 5.92 Å². The number of ketones is 1. The summed E-state index contributed by atoms with van der Waals surface area (Å²) in [5, 5.41) is 0. The molecule has 0 bridgehead atoms. The first-order valence-corrected chi connectivity index (χ1v) is 5.60. The third-order valence-electron chi connectivity index (χ3n) is 2.32. The molecule has 0 unspecified atom stereocenters. The van der Waals surface area contributed by atoms with E-state index in [1.165, 1.54) is 0 Å². The lowest BCUT2D eigenvalue weighted by molar-refractivity contribution is -0.115. The molecule has 0 amide bonds. The predicted octanol–water partition coefficient (Wildman–Crippen LogP) is 3.05. The lowest BCUT2D eigenvalue weighted by Crippen LogP contribution is -1.96. The van der Waals surface area contributed by atoms with E-state index in [0.29, 0.717) is 4.83 Å². The molecular formula is C12H11BrO. The zero-order chi connectivity index (χ0) is 9.97. The van der Waals surface area contributed by atoms with Crippen LogP contribution in [-0.4, -0.2) is 10.6 Å². The molecule has 2 rings (SSSR count). The third kappa shape index (κ3) is 2.32. The average molecular weight is 251 g/mol. The molecule has 0 saturated heterocycles. The first kappa shape index (κ1) is 9.66. The molecule has 1 fully saturated rings. The molecular weight excluding hydrogens is 240 g/mol. The van der Waals surface area contributed by atoms with Gasteiger partial charge in [0.15, 0.2) is 5.78 Å². The Balaban J connectivity index is 1.97. The second kappa shape index (κ2) is 4.09. The van der Waals surface area contributed by atoms with Gasteiger partial charge >= 0.3 is 0 Å². The minimum Gasteiger partial charge on any atom is -0.295 e. The number of hydrogen-bond donors (Lipinski definition) is 0. The van der Waals surface area contributed by atoms with Gasteiger partial charge in [-0.15, -0.1) is 0 Å². The summed E-state index contributed by atoms with van der Waals surface area (Å²) in [6.45, 7) is 0. The van der Waals surface area contributed by atoms with Crippen LogP contribution in [0.15, 0.2) is 36.4 Å². The number of carbonyl (C=O) groups excluding carboxylic acids is 1. The number of halogens is 1. The Hall–Kier alpha value is -0.890. The third-order valence-corrected chi connectivity index (χ3v) is 3.33. The molecule has 1 aliphatic carbocycles. The number of allylic oxidation sites excluding steroid dienone is 1. The van der Waals surface area contributed by atoms with E-state index in [2.05, 4.69) is 15.9 Å². The SMILES string of the molecule is O=C(/C=C\c1ccccc1)[C@H]1C[C@H]1Br. The van der Waals surface area contributed by atoms with Gasteiger partial charge in [0.05, 0.1) is 0 Å². The molecule has 0 radical (unpaired) electrons. The van der Waals surface area contributed by atoms with Gasteiger partial charge in [0.2, 0.25) is 0 Å². The maximum absolute atomic E-state index is 11.5. The fourth-order valence-electron chi connectivity index (χ4n) is 1.32. The Kier molecular flexibility index (Phi) is 2.82. The van der Waals surface area contributed by atoms with Crippen molar-refractivity contribution in [1.82, 2.24) is 0 Å². The van der Waals surface area contributed by atoms with E-state index in [1.807, 2.05) is 36.4 Å². The Bertz CT molecular complexity index is 356. The van der Waals surface area contributed by atoms with Crippen LogP contribution in [0.3, 0.4) is 0 Å². The van der Waals surface area contributed by atoms with Crippen molar-refractivity contribution in [3.8, 4) is 0 Å². The summed E-state index contributed by atoms with van der Waals surface area (Å²) in [6.07, 6.45) is 4.54. The molecule has 72 valence electrons. The normalized spacial score (nSPS) is 25.2. The minimum atomic E-state index is 0.218. The van der Waals surface area contributed by atoms with E-state index in [9.17, 15) is 4.79 Å². The van der Waals surface area contributed by atoms with Crippen LogP contribution < -0.4 is 0 Å². The van der Waals surface area contributed by atoms with Crippen molar-refractivity contribution in [3.05, 3.63) is 42.0 Å². The van der Waals surface area contributed by atoms with Gasteiger partial charge in [-0.1, -0.05) is 52.3 Å². The molecule has 0 aromatic heterocycles. The fraction of sp³-hybridized carbons (Fsp3) is 0.250. The van der Waals surface area contributed by atoms with Crippen LogP contribution >= 0.6 is 15.9 Å². The second-order valence-corrected chi connectivity index (χ2v) is 4.68. The molecule has 0 aliphatic heterocycles. The van der Waals surface area contributed by atoms with Crippen molar-refractivity contribution < 1.29 is 4.79 Å². The molecule has 1 aliphatic rings. The predicted molar refractivity (Wildman–Crippen MR) is 61.3 cm³/mol. The summed E-state index contributed by atoms with van der Waals surface area (Å²) >= 11 is 3.42. The van der Waals surface area contributed by atoms with Crippen molar-refractivity contribution in [2.45, 2.75) is 11.2 Å². The molecule has 0 heterocycles. The largest absolute Gasteiger partial charge is 0.295 e. The summed E-state index contributed by atoms with van der Waals surface area (Å²) in [7, 11) is 0. The van der Waals surface area contributed by atoms with Crippen LogP contribution in [0.2, 0.25) is 0 Å². The molecule has 2 heteroatoms. The summed E-state index contributed by atoms with van der Waals surface area (Å²) < 4.78 is 0. The maximum atomic E-state index is 11.5. The number of alkyl halides is 1. The standard InChI is InChI=1S/C12H11BrO/c13-11-8-10(11)12(14)7-6-9-4-2-1-3-5-9/h1-7,10-11H,8H2/b7-6-/t10-,11+/m0/s1. The monoisotopic (exact) mass is 250 g/mol. The van der Waals surface area contributed by atoms with Crippen LogP contribution in [0.25, 0.3) is 6.08 Å².